The average Bonchev–Trinajstić information content (AvgIpc) is 2.96. The van der Waals surface area contributed by atoms with Crippen LogP contribution in [0.4, 0.5) is 0 Å². The van der Waals surface area contributed by atoms with E-state index >= 15 is 0 Å². The number of benzene rings is 2. The fourth-order valence-corrected chi connectivity index (χ4v) is 2.17. The van der Waals surface area contributed by atoms with Gasteiger partial charge in [-0.25, -0.2) is 9.78 Å². The van der Waals surface area contributed by atoms with E-state index in [1.807, 2.05) is 24.3 Å². The van der Waals surface area contributed by atoms with Crippen LogP contribution in [-0.2, 0) is 0 Å². The van der Waals surface area contributed by atoms with Crippen molar-refractivity contribution < 1.29 is 9.90 Å². The van der Waals surface area contributed by atoms with Crippen LogP contribution in [-0.4, -0.2) is 20.6 Å². The quantitative estimate of drug-likeness (QED) is 0.770. The van der Waals surface area contributed by atoms with Gasteiger partial charge in [-0.05, 0) is 12.1 Å². The van der Waals surface area contributed by atoms with Crippen LogP contribution in [0.15, 0.2) is 48.9 Å². The van der Waals surface area contributed by atoms with Crippen LogP contribution >= 0.6 is 0 Å². The molecule has 0 aliphatic carbocycles. The van der Waals surface area contributed by atoms with Gasteiger partial charge in [0.05, 0.1) is 17.3 Å². The lowest BCUT2D eigenvalue weighted by Gasteiger charge is -2.08. The zero-order valence-electron chi connectivity index (χ0n) is 10.3. The highest BCUT2D eigenvalue weighted by Crippen LogP contribution is 2.25. The number of imidazole rings is 1. The SMILES string of the molecule is N#Cc1ccc(-n2cnc(C(=O)O)c2)c2ccccc12. The second-order valence-electron chi connectivity index (χ2n) is 4.26. The van der Waals surface area contributed by atoms with Gasteiger partial charge in [0.1, 0.15) is 6.33 Å². The van der Waals surface area contributed by atoms with Gasteiger partial charge in [-0.15, -0.1) is 0 Å². The molecule has 1 heterocycles. The van der Waals surface area contributed by atoms with Crippen molar-refractivity contribution in [3.63, 3.8) is 0 Å². The first-order chi connectivity index (χ1) is 9.70. The summed E-state index contributed by atoms with van der Waals surface area (Å²) in [6.07, 6.45) is 2.91. The van der Waals surface area contributed by atoms with Crippen LogP contribution < -0.4 is 0 Å². The number of rotatable bonds is 2. The van der Waals surface area contributed by atoms with Crippen LogP contribution in [0.2, 0.25) is 0 Å². The molecule has 3 rings (SSSR count). The van der Waals surface area contributed by atoms with Crippen molar-refractivity contribution in [1.82, 2.24) is 9.55 Å². The van der Waals surface area contributed by atoms with E-state index in [9.17, 15) is 4.79 Å². The van der Waals surface area contributed by atoms with Crippen molar-refractivity contribution in [2.75, 3.05) is 0 Å². The lowest BCUT2D eigenvalue weighted by molar-refractivity contribution is 0.0691. The molecule has 5 heteroatoms. The smallest absolute Gasteiger partial charge is 0.356 e. The Bertz CT molecular complexity index is 859. The fraction of sp³-hybridized carbons (Fsp3) is 0. The zero-order valence-corrected chi connectivity index (χ0v) is 10.3. The number of nitrogens with zero attached hydrogens (tertiary/aromatic N) is 3. The number of aromatic nitrogens is 2. The summed E-state index contributed by atoms with van der Waals surface area (Å²) < 4.78 is 1.65. The zero-order chi connectivity index (χ0) is 14.1. The number of hydrogen-bond donors (Lipinski definition) is 1. The lowest BCUT2D eigenvalue weighted by Crippen LogP contribution is -1.96. The predicted molar refractivity (Wildman–Crippen MR) is 72.7 cm³/mol. The molecule has 0 bridgehead atoms. The number of nitriles is 1. The third-order valence-corrected chi connectivity index (χ3v) is 3.10. The molecule has 1 N–H and O–H groups in total. The van der Waals surface area contributed by atoms with Gasteiger partial charge in [-0.3, -0.25) is 0 Å². The number of aromatic carboxylic acids is 1. The van der Waals surface area contributed by atoms with Crippen LogP contribution in [0.5, 0.6) is 0 Å². The molecule has 3 aromatic rings. The minimum absolute atomic E-state index is 0.0153. The maximum atomic E-state index is 10.9. The van der Waals surface area contributed by atoms with E-state index in [0.29, 0.717) is 5.56 Å². The first kappa shape index (κ1) is 11.9. The molecule has 20 heavy (non-hydrogen) atoms. The molecule has 0 atom stereocenters. The summed E-state index contributed by atoms with van der Waals surface area (Å²) in [4.78, 5) is 14.7. The molecule has 1 aromatic heterocycles. The van der Waals surface area contributed by atoms with E-state index in [1.54, 1.807) is 16.7 Å². The molecular weight excluding hydrogens is 254 g/mol. The highest BCUT2D eigenvalue weighted by molar-refractivity contribution is 5.94. The standard InChI is InChI=1S/C15H9N3O2/c16-7-10-5-6-14(12-4-2-1-3-11(10)12)18-8-13(15(19)20)17-9-18/h1-6,8-9H,(H,19,20). The number of hydrogen-bond acceptors (Lipinski definition) is 3. The van der Waals surface area contributed by atoms with E-state index in [0.717, 1.165) is 16.5 Å². The van der Waals surface area contributed by atoms with Gasteiger partial charge < -0.3 is 9.67 Å². The van der Waals surface area contributed by atoms with Crippen LogP contribution in [0.3, 0.4) is 0 Å². The van der Waals surface area contributed by atoms with E-state index in [4.69, 9.17) is 10.4 Å². The van der Waals surface area contributed by atoms with E-state index in [1.165, 1.54) is 12.5 Å². The first-order valence-electron chi connectivity index (χ1n) is 5.90. The van der Waals surface area contributed by atoms with Crippen molar-refractivity contribution in [3.8, 4) is 11.8 Å². The maximum absolute atomic E-state index is 10.9. The summed E-state index contributed by atoms with van der Waals surface area (Å²) in [7, 11) is 0. The summed E-state index contributed by atoms with van der Waals surface area (Å²) >= 11 is 0. The molecule has 0 saturated carbocycles. The molecule has 0 aliphatic heterocycles. The molecule has 0 amide bonds. The predicted octanol–water partition coefficient (Wildman–Crippen LogP) is 2.60. The van der Waals surface area contributed by atoms with E-state index in [2.05, 4.69) is 11.1 Å². The minimum atomic E-state index is -1.07. The van der Waals surface area contributed by atoms with Crippen molar-refractivity contribution in [3.05, 3.63) is 60.2 Å². The third kappa shape index (κ3) is 1.80. The number of fused-ring (bicyclic) bond motifs is 1. The molecule has 2 aromatic carbocycles. The Hall–Kier alpha value is -3.13. The molecule has 0 saturated heterocycles. The Morgan fingerprint density at radius 3 is 2.60 bits per heavy atom. The molecule has 0 unspecified atom stereocenters. The number of carboxylic acids is 1. The van der Waals surface area contributed by atoms with Gasteiger partial charge in [0.2, 0.25) is 0 Å². The summed E-state index contributed by atoms with van der Waals surface area (Å²) in [6.45, 7) is 0. The van der Waals surface area contributed by atoms with Crippen molar-refractivity contribution >= 4 is 16.7 Å². The van der Waals surface area contributed by atoms with Crippen molar-refractivity contribution in [1.29, 1.82) is 5.26 Å². The summed E-state index contributed by atoms with van der Waals surface area (Å²) in [5.41, 5.74) is 1.36. The maximum Gasteiger partial charge on any atom is 0.356 e. The Labute approximate surface area is 114 Å². The van der Waals surface area contributed by atoms with E-state index in [-0.39, 0.29) is 5.69 Å². The normalized spacial score (nSPS) is 10.3. The van der Waals surface area contributed by atoms with Gasteiger partial charge in [0.15, 0.2) is 5.69 Å². The van der Waals surface area contributed by atoms with Crippen molar-refractivity contribution in [2.24, 2.45) is 0 Å². The van der Waals surface area contributed by atoms with Crippen LogP contribution in [0.25, 0.3) is 16.5 Å². The molecule has 0 radical (unpaired) electrons. The molecule has 0 spiro atoms. The molecule has 0 fully saturated rings. The van der Waals surface area contributed by atoms with Crippen molar-refractivity contribution in [2.45, 2.75) is 0 Å². The molecule has 96 valence electrons. The van der Waals surface area contributed by atoms with Gasteiger partial charge in [-0.1, -0.05) is 24.3 Å². The second kappa shape index (κ2) is 4.52. The summed E-state index contributed by atoms with van der Waals surface area (Å²) in [6, 6.07) is 13.2. The average molecular weight is 263 g/mol. The van der Waals surface area contributed by atoms with Gasteiger partial charge in [0, 0.05) is 17.0 Å². The third-order valence-electron chi connectivity index (χ3n) is 3.10. The van der Waals surface area contributed by atoms with Crippen LogP contribution in [0.1, 0.15) is 16.1 Å². The Morgan fingerprint density at radius 2 is 1.95 bits per heavy atom. The molecule has 0 aliphatic rings. The second-order valence-corrected chi connectivity index (χ2v) is 4.26. The highest BCUT2D eigenvalue weighted by atomic mass is 16.4. The van der Waals surface area contributed by atoms with Gasteiger partial charge in [0.25, 0.3) is 0 Å². The Kier molecular flexibility index (Phi) is 2.70. The topological polar surface area (TPSA) is 78.9 Å². The van der Waals surface area contributed by atoms with Crippen LogP contribution in [0, 0.1) is 11.3 Å². The Morgan fingerprint density at radius 1 is 1.20 bits per heavy atom. The summed E-state index contributed by atoms with van der Waals surface area (Å²) in [5, 5.41) is 19.8. The minimum Gasteiger partial charge on any atom is -0.476 e. The van der Waals surface area contributed by atoms with E-state index < -0.39 is 5.97 Å². The summed E-state index contributed by atoms with van der Waals surface area (Å²) in [5.74, 6) is -1.07. The number of carboxylic acid groups (broad SMARTS) is 1. The van der Waals surface area contributed by atoms with Gasteiger partial charge in [-0.2, -0.15) is 5.26 Å². The molecular formula is C15H9N3O2. The number of carbonyl (C=O) groups is 1. The lowest BCUT2D eigenvalue weighted by atomic mass is 10.0. The first-order valence-corrected chi connectivity index (χ1v) is 5.90. The largest absolute Gasteiger partial charge is 0.476 e. The Balaban J connectivity index is 2.26. The fourth-order valence-electron chi connectivity index (χ4n) is 2.17. The molecule has 5 nitrogen and oxygen atoms in total. The van der Waals surface area contributed by atoms with Gasteiger partial charge >= 0.3 is 5.97 Å². The highest BCUT2D eigenvalue weighted by Gasteiger charge is 2.10. The monoisotopic (exact) mass is 263 g/mol.